The topological polar surface area (TPSA) is 136 Å². The summed E-state index contributed by atoms with van der Waals surface area (Å²) >= 11 is 0. The zero-order chi connectivity index (χ0) is 29.4. The van der Waals surface area contributed by atoms with E-state index in [1.165, 1.54) is 57.8 Å². The number of allylic oxidation sites excluding steroid dienone is 1. The van der Waals surface area contributed by atoms with Gasteiger partial charge in [-0.15, -0.1) is 0 Å². The molecule has 13 atom stereocenters. The number of nitrogens with two attached hydrogens (primary N) is 1. The second-order valence-corrected chi connectivity index (χ2v) is 15.0. The van der Waals surface area contributed by atoms with Crippen LogP contribution in [0.2, 0.25) is 0 Å². The summed E-state index contributed by atoms with van der Waals surface area (Å²) in [6, 6.07) is -1.04. The van der Waals surface area contributed by atoms with E-state index in [4.69, 9.17) is 20.7 Å². The smallest absolute Gasteiger partial charge is 0.173 e. The predicted octanol–water partition coefficient (Wildman–Crippen LogP) is 4.13. The van der Waals surface area contributed by atoms with Crippen LogP contribution >= 0.6 is 0 Å². The lowest BCUT2D eigenvalue weighted by Gasteiger charge is -2.58. The Balaban J connectivity index is 0.000000259. The molecule has 1 heterocycles. The van der Waals surface area contributed by atoms with Crippen LogP contribution in [-0.4, -0.2) is 68.9 Å². The molecule has 232 valence electrons. The minimum Gasteiger partial charge on any atom is -0.394 e. The molecule has 2 unspecified atom stereocenters. The molecule has 40 heavy (non-hydrogen) atoms. The van der Waals surface area contributed by atoms with Gasteiger partial charge in [-0.3, -0.25) is 0 Å². The number of hydrogen-bond donors (Lipinski definition) is 6. The van der Waals surface area contributed by atoms with Gasteiger partial charge in [-0.05, 0) is 97.7 Å². The lowest BCUT2D eigenvalue weighted by Crippen LogP contribution is -2.61. The molecule has 0 radical (unpaired) electrons. The Kier molecular flexibility index (Phi) is 10.5. The first kappa shape index (κ1) is 32.4. The summed E-state index contributed by atoms with van der Waals surface area (Å²) in [6.45, 7) is 12.1. The number of fused-ring (bicyclic) bond motifs is 5. The van der Waals surface area contributed by atoms with E-state index in [-0.39, 0.29) is 6.10 Å². The van der Waals surface area contributed by atoms with E-state index in [9.17, 15) is 15.3 Å². The van der Waals surface area contributed by atoms with E-state index in [1.807, 2.05) is 0 Å². The summed E-state index contributed by atoms with van der Waals surface area (Å²) in [4.78, 5) is 0. The van der Waals surface area contributed by atoms with Gasteiger partial charge >= 0.3 is 0 Å². The number of ether oxygens (including phenoxy) is 1. The minimum atomic E-state index is -1.35. The molecule has 0 aromatic rings. The van der Waals surface area contributed by atoms with Gasteiger partial charge in [0.15, 0.2) is 6.29 Å². The second kappa shape index (κ2) is 13.0. The molecule has 7 nitrogen and oxygen atoms in total. The highest BCUT2D eigenvalue weighted by molar-refractivity contribution is 5.25. The zero-order valence-corrected chi connectivity index (χ0v) is 25.7. The number of aliphatic hydroxyl groups is 5. The Labute approximate surface area is 242 Å². The first-order valence-electron chi connectivity index (χ1n) is 16.3. The Hall–Kier alpha value is -0.540. The van der Waals surface area contributed by atoms with Crippen molar-refractivity contribution in [3.05, 3.63) is 11.6 Å². The third kappa shape index (κ3) is 6.22. The Bertz CT molecular complexity index is 861. The van der Waals surface area contributed by atoms with Gasteiger partial charge in [0.1, 0.15) is 18.3 Å². The van der Waals surface area contributed by atoms with E-state index in [2.05, 4.69) is 40.7 Å². The highest BCUT2D eigenvalue weighted by atomic mass is 16.6. The van der Waals surface area contributed by atoms with Crippen molar-refractivity contribution in [3.8, 4) is 0 Å². The maximum Gasteiger partial charge on any atom is 0.173 e. The summed E-state index contributed by atoms with van der Waals surface area (Å²) in [5.74, 6) is 5.46. The molecule has 4 aliphatic carbocycles. The molecule has 0 aromatic carbocycles. The quantitative estimate of drug-likeness (QED) is 0.267. The molecule has 0 spiro atoms. The van der Waals surface area contributed by atoms with Gasteiger partial charge in [-0.2, -0.15) is 0 Å². The monoisotopic (exact) mass is 565 g/mol. The zero-order valence-electron chi connectivity index (χ0n) is 25.7. The van der Waals surface area contributed by atoms with E-state index in [0.29, 0.717) is 10.8 Å². The van der Waals surface area contributed by atoms with Gasteiger partial charge in [0.25, 0.3) is 0 Å². The summed E-state index contributed by atoms with van der Waals surface area (Å²) in [5.41, 5.74) is 7.87. The Morgan fingerprint density at radius 2 is 1.68 bits per heavy atom. The van der Waals surface area contributed by atoms with Gasteiger partial charge in [0.2, 0.25) is 0 Å². The molecule has 0 amide bonds. The van der Waals surface area contributed by atoms with Crippen LogP contribution in [0.3, 0.4) is 0 Å². The van der Waals surface area contributed by atoms with Crippen LogP contribution in [0.5, 0.6) is 0 Å². The van der Waals surface area contributed by atoms with Crippen molar-refractivity contribution in [3.63, 3.8) is 0 Å². The van der Waals surface area contributed by atoms with Crippen molar-refractivity contribution in [2.24, 2.45) is 52.1 Å². The molecular formula is C33H59NO6. The molecule has 0 bridgehead atoms. The van der Waals surface area contributed by atoms with E-state index < -0.39 is 37.3 Å². The minimum absolute atomic E-state index is 0.0766. The highest BCUT2D eigenvalue weighted by Crippen LogP contribution is 2.67. The molecule has 1 aliphatic heterocycles. The van der Waals surface area contributed by atoms with Crippen LogP contribution < -0.4 is 5.73 Å². The van der Waals surface area contributed by atoms with Crippen LogP contribution in [0.1, 0.15) is 105 Å². The average Bonchev–Trinajstić information content (AvgIpc) is 3.27. The lowest BCUT2D eigenvalue weighted by atomic mass is 9.47. The summed E-state index contributed by atoms with van der Waals surface area (Å²) in [6.07, 6.45) is 12.3. The molecule has 5 rings (SSSR count). The number of hydrogen-bond acceptors (Lipinski definition) is 7. The van der Waals surface area contributed by atoms with Gasteiger partial charge < -0.3 is 36.0 Å². The summed E-state index contributed by atoms with van der Waals surface area (Å²) in [5, 5.41) is 46.3. The first-order valence-corrected chi connectivity index (χ1v) is 16.3. The molecule has 5 aliphatic rings. The van der Waals surface area contributed by atoms with Crippen molar-refractivity contribution >= 4 is 0 Å². The maximum atomic E-state index is 10.2. The van der Waals surface area contributed by atoms with Crippen molar-refractivity contribution in [1.82, 2.24) is 0 Å². The first-order chi connectivity index (χ1) is 18.8. The van der Waals surface area contributed by atoms with E-state index in [1.54, 1.807) is 5.57 Å². The van der Waals surface area contributed by atoms with Crippen LogP contribution in [0.25, 0.3) is 0 Å². The Morgan fingerprint density at radius 1 is 0.950 bits per heavy atom. The second-order valence-electron chi connectivity index (χ2n) is 15.0. The largest absolute Gasteiger partial charge is 0.394 e. The van der Waals surface area contributed by atoms with Crippen molar-refractivity contribution in [2.45, 2.75) is 142 Å². The van der Waals surface area contributed by atoms with Crippen LogP contribution in [0.4, 0.5) is 0 Å². The van der Waals surface area contributed by atoms with E-state index >= 15 is 0 Å². The van der Waals surface area contributed by atoms with Gasteiger partial charge in [-0.1, -0.05) is 65.5 Å². The van der Waals surface area contributed by atoms with Crippen LogP contribution in [0.15, 0.2) is 11.6 Å². The Morgan fingerprint density at radius 3 is 2.35 bits per heavy atom. The fraction of sp³-hybridized carbons (Fsp3) is 0.939. The number of aliphatic hydroxyl groups excluding tert-OH is 5. The highest BCUT2D eigenvalue weighted by Gasteiger charge is 2.59. The summed E-state index contributed by atoms with van der Waals surface area (Å²) in [7, 11) is 0. The van der Waals surface area contributed by atoms with Crippen LogP contribution in [-0.2, 0) is 4.74 Å². The maximum absolute atomic E-state index is 10.2. The van der Waals surface area contributed by atoms with Gasteiger partial charge in [0, 0.05) is 0 Å². The third-order valence-corrected chi connectivity index (χ3v) is 12.2. The van der Waals surface area contributed by atoms with Crippen molar-refractivity contribution in [2.75, 3.05) is 6.61 Å². The molecular weight excluding hydrogens is 506 g/mol. The standard InChI is InChI=1S/C27H46O.C6H13NO5/c1-18(2)7-6-8-19(3)23-11-12-24-22-10-9-20-17-21(28)13-15-26(20,4)25(22)14-16-27(23,24)5;7-3-5(10)4(9)2(1-8)12-6(3)11/h9,18-19,21-25,28H,6-8,10-17H2,1-5H3;2-6,8-11H,1,7H2/t19?,21-,22-,23+,24-,25-,26-,27+;2-,3-,4-,5-,6?/m01/s1. The van der Waals surface area contributed by atoms with E-state index in [0.717, 1.165) is 48.3 Å². The molecule has 3 saturated carbocycles. The fourth-order valence-electron chi connectivity index (χ4n) is 9.78. The fourth-order valence-corrected chi connectivity index (χ4v) is 9.78. The average molecular weight is 566 g/mol. The molecule has 4 fully saturated rings. The SMILES string of the molecule is CC(C)CCCC(C)[C@H]1CC[C@H]2[C@@H]3CC=C4C[C@@H](O)CC[C@]4(C)[C@H]3CC[C@]12C.N[C@H]1C(O)O[C@H](CO)[C@@H](O)[C@@H]1O. The molecule has 7 heteroatoms. The number of rotatable bonds is 6. The normalized spacial score (nSPS) is 47.4. The summed E-state index contributed by atoms with van der Waals surface area (Å²) < 4.78 is 4.70. The van der Waals surface area contributed by atoms with Gasteiger partial charge in [0.05, 0.1) is 18.8 Å². The predicted molar refractivity (Wildman–Crippen MR) is 157 cm³/mol. The third-order valence-electron chi connectivity index (χ3n) is 12.2. The van der Waals surface area contributed by atoms with Crippen LogP contribution in [0, 0.1) is 46.3 Å². The van der Waals surface area contributed by atoms with Crippen molar-refractivity contribution in [1.29, 1.82) is 0 Å². The van der Waals surface area contributed by atoms with Gasteiger partial charge in [-0.25, -0.2) is 0 Å². The van der Waals surface area contributed by atoms with Crippen molar-refractivity contribution < 1.29 is 30.3 Å². The lowest BCUT2D eigenvalue weighted by molar-refractivity contribution is -0.248. The molecule has 7 N–H and O–H groups in total. The molecule has 0 aromatic heterocycles. The molecule has 1 saturated heterocycles.